The third kappa shape index (κ3) is 2.66. The van der Waals surface area contributed by atoms with Gasteiger partial charge in [0.1, 0.15) is 0 Å². The molecule has 1 aromatic rings. The SMILES string of the molecule is COC(=O)Cc1cnc(Cl)nc1C. The molecular weight excluding hydrogens is 192 g/mol. The van der Waals surface area contributed by atoms with Crippen molar-refractivity contribution in [2.24, 2.45) is 0 Å². The van der Waals surface area contributed by atoms with Gasteiger partial charge in [0.15, 0.2) is 0 Å². The van der Waals surface area contributed by atoms with E-state index in [0.717, 1.165) is 5.56 Å². The van der Waals surface area contributed by atoms with Crippen molar-refractivity contribution < 1.29 is 9.53 Å². The second-order valence-electron chi connectivity index (χ2n) is 2.50. The number of rotatable bonds is 2. The topological polar surface area (TPSA) is 52.1 Å². The van der Waals surface area contributed by atoms with Crippen molar-refractivity contribution in [1.29, 1.82) is 0 Å². The van der Waals surface area contributed by atoms with E-state index in [9.17, 15) is 4.79 Å². The molecule has 0 amide bonds. The fourth-order valence-corrected chi connectivity index (χ4v) is 1.04. The highest BCUT2D eigenvalue weighted by Gasteiger charge is 2.07. The Morgan fingerprint density at radius 2 is 2.38 bits per heavy atom. The van der Waals surface area contributed by atoms with Gasteiger partial charge in [-0.1, -0.05) is 0 Å². The highest BCUT2D eigenvalue weighted by atomic mass is 35.5. The molecule has 0 radical (unpaired) electrons. The molecule has 0 spiro atoms. The molecule has 0 aliphatic rings. The first kappa shape index (κ1) is 9.92. The van der Waals surface area contributed by atoms with E-state index in [2.05, 4.69) is 14.7 Å². The van der Waals surface area contributed by atoms with Crippen LogP contribution < -0.4 is 0 Å². The molecule has 1 aromatic heterocycles. The number of halogens is 1. The Balaban J connectivity index is 2.83. The summed E-state index contributed by atoms with van der Waals surface area (Å²) in [5, 5.41) is 0.186. The van der Waals surface area contributed by atoms with Gasteiger partial charge in [-0.3, -0.25) is 4.79 Å². The number of hydrogen-bond donors (Lipinski definition) is 0. The van der Waals surface area contributed by atoms with E-state index >= 15 is 0 Å². The summed E-state index contributed by atoms with van der Waals surface area (Å²) in [4.78, 5) is 18.6. The van der Waals surface area contributed by atoms with Gasteiger partial charge in [0.2, 0.25) is 5.28 Å². The number of methoxy groups -OCH3 is 1. The largest absolute Gasteiger partial charge is 0.469 e. The number of nitrogens with zero attached hydrogens (tertiary/aromatic N) is 2. The van der Waals surface area contributed by atoms with E-state index in [4.69, 9.17) is 11.6 Å². The molecule has 1 rings (SSSR count). The van der Waals surface area contributed by atoms with Gasteiger partial charge in [0.05, 0.1) is 13.5 Å². The molecule has 5 heteroatoms. The van der Waals surface area contributed by atoms with E-state index in [-0.39, 0.29) is 17.7 Å². The van der Waals surface area contributed by atoms with Gasteiger partial charge in [-0.25, -0.2) is 9.97 Å². The van der Waals surface area contributed by atoms with Crippen molar-refractivity contribution in [3.63, 3.8) is 0 Å². The van der Waals surface area contributed by atoms with Gasteiger partial charge >= 0.3 is 5.97 Å². The molecule has 0 unspecified atom stereocenters. The first-order valence-electron chi connectivity index (χ1n) is 3.68. The summed E-state index contributed by atoms with van der Waals surface area (Å²) in [6, 6.07) is 0. The summed E-state index contributed by atoms with van der Waals surface area (Å²) in [7, 11) is 1.34. The summed E-state index contributed by atoms with van der Waals surface area (Å²) in [6.45, 7) is 1.77. The fraction of sp³-hybridized carbons (Fsp3) is 0.375. The van der Waals surface area contributed by atoms with Gasteiger partial charge in [-0.2, -0.15) is 0 Å². The zero-order valence-corrected chi connectivity index (χ0v) is 8.13. The van der Waals surface area contributed by atoms with Gasteiger partial charge in [0, 0.05) is 17.5 Å². The van der Waals surface area contributed by atoms with Crippen LogP contribution in [0.1, 0.15) is 11.3 Å². The molecule has 0 fully saturated rings. The number of carbonyl (C=O) groups is 1. The summed E-state index contributed by atoms with van der Waals surface area (Å²) in [5.74, 6) is -0.311. The average molecular weight is 201 g/mol. The van der Waals surface area contributed by atoms with Crippen LogP contribution in [-0.4, -0.2) is 23.0 Å². The number of esters is 1. The Morgan fingerprint density at radius 1 is 1.69 bits per heavy atom. The first-order valence-corrected chi connectivity index (χ1v) is 4.06. The van der Waals surface area contributed by atoms with Crippen LogP contribution in [0.4, 0.5) is 0 Å². The van der Waals surface area contributed by atoms with E-state index in [1.165, 1.54) is 13.3 Å². The Kier molecular flexibility index (Phi) is 3.19. The predicted octanol–water partition coefficient (Wildman–Crippen LogP) is 1.15. The summed E-state index contributed by atoms with van der Waals surface area (Å²) in [6.07, 6.45) is 1.71. The Morgan fingerprint density at radius 3 is 2.92 bits per heavy atom. The fourth-order valence-electron chi connectivity index (χ4n) is 0.865. The van der Waals surface area contributed by atoms with Crippen LogP contribution in [-0.2, 0) is 16.0 Å². The predicted molar refractivity (Wildman–Crippen MR) is 47.5 cm³/mol. The Labute approximate surface area is 80.9 Å². The highest BCUT2D eigenvalue weighted by Crippen LogP contribution is 2.08. The molecule has 0 aliphatic carbocycles. The van der Waals surface area contributed by atoms with Gasteiger partial charge in [0.25, 0.3) is 0 Å². The maximum atomic E-state index is 10.9. The van der Waals surface area contributed by atoms with Gasteiger partial charge in [-0.15, -0.1) is 0 Å². The summed E-state index contributed by atoms with van der Waals surface area (Å²) >= 11 is 5.55. The van der Waals surface area contributed by atoms with Crippen molar-refractivity contribution in [3.8, 4) is 0 Å². The molecule has 0 N–H and O–H groups in total. The minimum atomic E-state index is -0.311. The molecule has 0 aromatic carbocycles. The van der Waals surface area contributed by atoms with E-state index in [0.29, 0.717) is 5.69 Å². The van der Waals surface area contributed by atoms with Crippen LogP contribution in [0.5, 0.6) is 0 Å². The molecule has 0 atom stereocenters. The first-order chi connectivity index (χ1) is 6.13. The monoisotopic (exact) mass is 200 g/mol. The third-order valence-electron chi connectivity index (χ3n) is 1.61. The zero-order valence-electron chi connectivity index (χ0n) is 7.37. The van der Waals surface area contributed by atoms with E-state index in [1.807, 2.05) is 0 Å². The lowest BCUT2D eigenvalue weighted by Crippen LogP contribution is -2.07. The number of carbonyl (C=O) groups excluding carboxylic acids is 1. The van der Waals surface area contributed by atoms with Crippen molar-refractivity contribution in [3.05, 3.63) is 22.7 Å². The quantitative estimate of drug-likeness (QED) is 0.531. The number of hydrogen-bond acceptors (Lipinski definition) is 4. The molecule has 1 heterocycles. The number of ether oxygens (including phenoxy) is 1. The van der Waals surface area contributed by atoms with Crippen LogP contribution in [0, 0.1) is 6.92 Å². The number of aromatic nitrogens is 2. The maximum absolute atomic E-state index is 10.9. The zero-order chi connectivity index (χ0) is 9.84. The van der Waals surface area contributed by atoms with Gasteiger partial charge in [-0.05, 0) is 18.5 Å². The normalized spacial score (nSPS) is 9.77. The molecule has 0 aliphatic heterocycles. The second kappa shape index (κ2) is 4.18. The highest BCUT2D eigenvalue weighted by molar-refractivity contribution is 6.28. The lowest BCUT2D eigenvalue weighted by atomic mass is 10.2. The van der Waals surface area contributed by atoms with Crippen LogP contribution >= 0.6 is 11.6 Å². The lowest BCUT2D eigenvalue weighted by Gasteiger charge is -2.02. The van der Waals surface area contributed by atoms with Crippen molar-refractivity contribution in [2.75, 3.05) is 7.11 Å². The van der Waals surface area contributed by atoms with Crippen molar-refractivity contribution >= 4 is 17.6 Å². The van der Waals surface area contributed by atoms with Crippen LogP contribution in [0.15, 0.2) is 6.20 Å². The van der Waals surface area contributed by atoms with E-state index in [1.54, 1.807) is 6.92 Å². The van der Waals surface area contributed by atoms with Crippen LogP contribution in [0.2, 0.25) is 5.28 Å². The molecule has 0 saturated carbocycles. The molecule has 70 valence electrons. The van der Waals surface area contributed by atoms with Crippen molar-refractivity contribution in [1.82, 2.24) is 9.97 Å². The average Bonchev–Trinajstić information content (AvgIpc) is 2.09. The molecule has 13 heavy (non-hydrogen) atoms. The molecule has 0 saturated heterocycles. The minimum absolute atomic E-state index is 0.180. The summed E-state index contributed by atoms with van der Waals surface area (Å²) in [5.41, 5.74) is 1.43. The molecular formula is C8H9ClN2O2. The molecule has 4 nitrogen and oxygen atoms in total. The standard InChI is InChI=1S/C8H9ClN2O2/c1-5-6(3-7(12)13-2)4-10-8(9)11-5/h4H,3H2,1-2H3. The van der Waals surface area contributed by atoms with Crippen molar-refractivity contribution in [2.45, 2.75) is 13.3 Å². The van der Waals surface area contributed by atoms with E-state index < -0.39 is 0 Å². The molecule has 0 bridgehead atoms. The smallest absolute Gasteiger partial charge is 0.310 e. The Bertz CT molecular complexity index is 328. The number of aryl methyl sites for hydroxylation is 1. The summed E-state index contributed by atoms with van der Waals surface area (Å²) < 4.78 is 4.51. The minimum Gasteiger partial charge on any atom is -0.469 e. The van der Waals surface area contributed by atoms with Gasteiger partial charge < -0.3 is 4.74 Å². The second-order valence-corrected chi connectivity index (χ2v) is 2.84. The van der Waals surface area contributed by atoms with Crippen LogP contribution in [0.25, 0.3) is 0 Å². The van der Waals surface area contributed by atoms with Crippen LogP contribution in [0.3, 0.4) is 0 Å². The third-order valence-corrected chi connectivity index (χ3v) is 1.80. The lowest BCUT2D eigenvalue weighted by molar-refractivity contribution is -0.139. The Hall–Kier alpha value is -1.16. The maximum Gasteiger partial charge on any atom is 0.310 e.